The van der Waals surface area contributed by atoms with Crippen LogP contribution in [0.5, 0.6) is 11.5 Å². The number of amides is 2. The molecule has 1 heterocycles. The summed E-state index contributed by atoms with van der Waals surface area (Å²) in [6, 6.07) is 28.1. The molecule has 4 aromatic rings. The summed E-state index contributed by atoms with van der Waals surface area (Å²) in [6.45, 7) is 0. The first-order valence-corrected chi connectivity index (χ1v) is 9.18. The standard InChI is InChI=1S/C23H20N4O2/c1-27-21(17-8-4-2-5-9-17)16-22(26-27)25-23(28)24-18-12-14-20(15-13-18)29-19-10-6-3-7-11-19/h2-16H,1H3,(H2,24,25,26,28). The number of urea groups is 1. The Morgan fingerprint density at radius 2 is 1.45 bits per heavy atom. The quantitative estimate of drug-likeness (QED) is 0.476. The van der Waals surface area contributed by atoms with E-state index in [-0.39, 0.29) is 6.03 Å². The molecule has 0 atom stereocenters. The van der Waals surface area contributed by atoms with E-state index in [4.69, 9.17) is 4.74 Å². The van der Waals surface area contributed by atoms with Crippen LogP contribution in [0.3, 0.4) is 0 Å². The van der Waals surface area contributed by atoms with Gasteiger partial charge in [0.25, 0.3) is 0 Å². The topological polar surface area (TPSA) is 68.2 Å². The van der Waals surface area contributed by atoms with E-state index in [1.165, 1.54) is 0 Å². The van der Waals surface area contributed by atoms with Gasteiger partial charge < -0.3 is 10.1 Å². The van der Waals surface area contributed by atoms with Gasteiger partial charge in [-0.3, -0.25) is 10.00 Å². The van der Waals surface area contributed by atoms with Crippen LogP contribution in [0, 0.1) is 0 Å². The number of benzene rings is 3. The van der Waals surface area contributed by atoms with Crippen LogP contribution in [0.4, 0.5) is 16.3 Å². The summed E-state index contributed by atoms with van der Waals surface area (Å²) in [5, 5.41) is 9.91. The molecule has 0 aliphatic rings. The highest BCUT2D eigenvalue weighted by molar-refractivity contribution is 5.99. The highest BCUT2D eigenvalue weighted by Gasteiger charge is 2.10. The number of carbonyl (C=O) groups excluding carboxylic acids is 1. The molecule has 1 aromatic heterocycles. The van der Waals surface area contributed by atoms with E-state index in [9.17, 15) is 4.79 Å². The molecule has 0 unspecified atom stereocenters. The third kappa shape index (κ3) is 4.62. The van der Waals surface area contributed by atoms with Crippen molar-refractivity contribution in [3.63, 3.8) is 0 Å². The van der Waals surface area contributed by atoms with Crippen LogP contribution in [0.25, 0.3) is 11.3 Å². The van der Waals surface area contributed by atoms with Crippen LogP contribution in [-0.4, -0.2) is 15.8 Å². The number of ether oxygens (including phenoxy) is 1. The number of para-hydroxylation sites is 1. The molecule has 3 aromatic carbocycles. The van der Waals surface area contributed by atoms with Crippen LogP contribution < -0.4 is 15.4 Å². The molecule has 6 nitrogen and oxygen atoms in total. The molecule has 6 heteroatoms. The average molecular weight is 384 g/mol. The van der Waals surface area contributed by atoms with Crippen molar-refractivity contribution >= 4 is 17.5 Å². The van der Waals surface area contributed by atoms with E-state index in [2.05, 4.69) is 15.7 Å². The maximum atomic E-state index is 12.3. The summed E-state index contributed by atoms with van der Waals surface area (Å²) in [6.07, 6.45) is 0. The molecule has 0 spiro atoms. The molecule has 2 N–H and O–H groups in total. The van der Waals surface area contributed by atoms with Crippen LogP contribution >= 0.6 is 0 Å². The zero-order valence-corrected chi connectivity index (χ0v) is 15.9. The Morgan fingerprint density at radius 3 is 2.14 bits per heavy atom. The molecule has 4 rings (SSSR count). The van der Waals surface area contributed by atoms with E-state index in [0.29, 0.717) is 17.3 Å². The zero-order valence-electron chi connectivity index (χ0n) is 15.9. The summed E-state index contributed by atoms with van der Waals surface area (Å²) in [4.78, 5) is 12.3. The van der Waals surface area contributed by atoms with Crippen molar-refractivity contribution in [3.05, 3.63) is 91.0 Å². The first-order valence-electron chi connectivity index (χ1n) is 9.18. The molecule has 0 radical (unpaired) electrons. The number of rotatable bonds is 5. The van der Waals surface area contributed by atoms with E-state index in [1.54, 1.807) is 28.9 Å². The van der Waals surface area contributed by atoms with Gasteiger partial charge >= 0.3 is 6.03 Å². The van der Waals surface area contributed by atoms with Gasteiger partial charge in [0.2, 0.25) is 0 Å². The van der Waals surface area contributed by atoms with E-state index in [0.717, 1.165) is 17.0 Å². The second-order valence-corrected chi connectivity index (χ2v) is 6.42. The number of hydrogen-bond acceptors (Lipinski definition) is 3. The van der Waals surface area contributed by atoms with Gasteiger partial charge in [-0.05, 0) is 42.0 Å². The van der Waals surface area contributed by atoms with Crippen LogP contribution in [0.1, 0.15) is 0 Å². The predicted molar refractivity (Wildman–Crippen MR) is 114 cm³/mol. The van der Waals surface area contributed by atoms with Crippen molar-refractivity contribution in [2.45, 2.75) is 0 Å². The van der Waals surface area contributed by atoms with Gasteiger partial charge in [0.05, 0.1) is 5.69 Å². The van der Waals surface area contributed by atoms with E-state index >= 15 is 0 Å². The van der Waals surface area contributed by atoms with Crippen molar-refractivity contribution in [2.24, 2.45) is 7.05 Å². The largest absolute Gasteiger partial charge is 0.457 e. The lowest BCUT2D eigenvalue weighted by atomic mass is 10.1. The summed E-state index contributed by atoms with van der Waals surface area (Å²) in [5.41, 5.74) is 2.61. The molecule has 29 heavy (non-hydrogen) atoms. The molecule has 0 fully saturated rings. The Morgan fingerprint density at radius 1 is 0.828 bits per heavy atom. The summed E-state index contributed by atoms with van der Waals surface area (Å²) < 4.78 is 7.49. The fourth-order valence-electron chi connectivity index (χ4n) is 2.92. The first kappa shape index (κ1) is 18.3. The molecule has 0 aliphatic heterocycles. The van der Waals surface area contributed by atoms with Crippen LogP contribution in [0.15, 0.2) is 91.0 Å². The fraction of sp³-hybridized carbons (Fsp3) is 0.0435. The molecule has 144 valence electrons. The maximum Gasteiger partial charge on any atom is 0.324 e. The smallest absolute Gasteiger partial charge is 0.324 e. The van der Waals surface area contributed by atoms with Gasteiger partial charge in [-0.15, -0.1) is 0 Å². The maximum absolute atomic E-state index is 12.3. The number of aryl methyl sites for hydroxylation is 1. The van der Waals surface area contributed by atoms with Gasteiger partial charge in [-0.2, -0.15) is 5.10 Å². The lowest BCUT2D eigenvalue weighted by Gasteiger charge is -2.08. The second-order valence-electron chi connectivity index (χ2n) is 6.42. The summed E-state index contributed by atoms with van der Waals surface area (Å²) in [5.74, 6) is 1.93. The lowest BCUT2D eigenvalue weighted by molar-refractivity contribution is 0.262. The van der Waals surface area contributed by atoms with E-state index in [1.807, 2.05) is 73.8 Å². The Bertz CT molecular complexity index is 1090. The molecular weight excluding hydrogens is 364 g/mol. The molecule has 0 saturated carbocycles. The van der Waals surface area contributed by atoms with Gasteiger partial charge in [-0.1, -0.05) is 48.5 Å². The molecule has 0 bridgehead atoms. The number of anilines is 2. The number of nitrogens with zero attached hydrogens (tertiary/aromatic N) is 2. The molecule has 2 amide bonds. The summed E-state index contributed by atoms with van der Waals surface area (Å²) in [7, 11) is 1.84. The monoisotopic (exact) mass is 384 g/mol. The minimum Gasteiger partial charge on any atom is -0.457 e. The fourth-order valence-corrected chi connectivity index (χ4v) is 2.92. The van der Waals surface area contributed by atoms with E-state index < -0.39 is 0 Å². The van der Waals surface area contributed by atoms with Crippen LogP contribution in [0.2, 0.25) is 0 Å². The Labute approximate surface area is 168 Å². The van der Waals surface area contributed by atoms with Gasteiger partial charge in [0.15, 0.2) is 5.82 Å². The van der Waals surface area contributed by atoms with Crippen molar-refractivity contribution in [2.75, 3.05) is 10.6 Å². The van der Waals surface area contributed by atoms with Gasteiger partial charge in [-0.25, -0.2) is 4.79 Å². The lowest BCUT2D eigenvalue weighted by Crippen LogP contribution is -2.19. The Kier molecular flexibility index (Phi) is 5.25. The minimum atomic E-state index is -0.362. The number of hydrogen-bond donors (Lipinski definition) is 2. The third-order valence-electron chi connectivity index (χ3n) is 4.28. The SMILES string of the molecule is Cn1nc(NC(=O)Nc2ccc(Oc3ccccc3)cc2)cc1-c1ccccc1. The van der Waals surface area contributed by atoms with Crippen molar-refractivity contribution in [1.29, 1.82) is 0 Å². The Hall–Kier alpha value is -4.06. The van der Waals surface area contributed by atoms with Gasteiger partial charge in [0.1, 0.15) is 11.5 Å². The number of aromatic nitrogens is 2. The highest BCUT2D eigenvalue weighted by Crippen LogP contribution is 2.24. The van der Waals surface area contributed by atoms with Crippen molar-refractivity contribution in [1.82, 2.24) is 9.78 Å². The predicted octanol–water partition coefficient (Wildman–Crippen LogP) is 5.52. The number of carbonyl (C=O) groups is 1. The first-order chi connectivity index (χ1) is 14.2. The summed E-state index contributed by atoms with van der Waals surface area (Å²) >= 11 is 0. The van der Waals surface area contributed by atoms with Crippen molar-refractivity contribution < 1.29 is 9.53 Å². The van der Waals surface area contributed by atoms with Crippen molar-refractivity contribution in [3.8, 4) is 22.8 Å². The third-order valence-corrected chi connectivity index (χ3v) is 4.28. The highest BCUT2D eigenvalue weighted by atomic mass is 16.5. The average Bonchev–Trinajstić information content (AvgIpc) is 3.10. The second kappa shape index (κ2) is 8.31. The normalized spacial score (nSPS) is 10.4. The van der Waals surface area contributed by atoms with Gasteiger partial charge in [0, 0.05) is 18.8 Å². The zero-order chi connectivity index (χ0) is 20.1. The minimum absolute atomic E-state index is 0.362. The molecule has 0 saturated heterocycles. The molecule has 0 aliphatic carbocycles. The number of nitrogens with one attached hydrogen (secondary N) is 2. The van der Waals surface area contributed by atoms with Crippen LogP contribution in [-0.2, 0) is 7.05 Å². The molecular formula is C23H20N4O2. The Balaban J connectivity index is 1.37.